The Balaban J connectivity index is 2.36. The summed E-state index contributed by atoms with van der Waals surface area (Å²) in [6.07, 6.45) is 4.99. The van der Waals surface area contributed by atoms with E-state index in [9.17, 15) is 8.42 Å². The van der Waals surface area contributed by atoms with E-state index in [1.165, 1.54) is 12.5 Å². The van der Waals surface area contributed by atoms with Crippen LogP contribution in [0.4, 0.5) is 5.69 Å². The molecule has 0 atom stereocenters. The highest BCUT2D eigenvalue weighted by Crippen LogP contribution is 2.31. The van der Waals surface area contributed by atoms with Gasteiger partial charge in [0.25, 0.3) is 0 Å². The van der Waals surface area contributed by atoms with E-state index in [0.29, 0.717) is 16.3 Å². The van der Waals surface area contributed by atoms with Crippen molar-refractivity contribution in [3.63, 3.8) is 0 Å². The van der Waals surface area contributed by atoms with E-state index in [0.717, 1.165) is 25.7 Å². The van der Waals surface area contributed by atoms with Crippen molar-refractivity contribution in [3.8, 4) is 0 Å². The molecule has 0 heterocycles. The van der Waals surface area contributed by atoms with Gasteiger partial charge in [0.15, 0.2) is 0 Å². The molecule has 1 saturated carbocycles. The zero-order valence-electron chi connectivity index (χ0n) is 11.9. The van der Waals surface area contributed by atoms with Crippen LogP contribution in [0.15, 0.2) is 17.0 Å². The second-order valence-corrected chi connectivity index (χ2v) is 7.93. The van der Waals surface area contributed by atoms with E-state index >= 15 is 0 Å². The number of rotatable bonds is 3. The molecule has 0 saturated heterocycles. The molecule has 0 spiro atoms. The predicted octanol–water partition coefficient (Wildman–Crippen LogP) is 3.23. The van der Waals surface area contributed by atoms with Crippen molar-refractivity contribution in [1.82, 2.24) is 4.72 Å². The number of hydrogen-bond acceptors (Lipinski definition) is 3. The van der Waals surface area contributed by atoms with Gasteiger partial charge in [-0.25, -0.2) is 13.1 Å². The Morgan fingerprint density at radius 3 is 2.45 bits per heavy atom. The van der Waals surface area contributed by atoms with Crippen molar-refractivity contribution in [2.75, 3.05) is 5.73 Å². The number of nitrogens with one attached hydrogen (secondary N) is 1. The molecule has 1 aromatic rings. The SMILES string of the molecule is Cc1c(N)cc(Cl)cc1S(=O)(=O)NC1(C)CCCCC1. The van der Waals surface area contributed by atoms with Gasteiger partial charge in [-0.15, -0.1) is 0 Å². The van der Waals surface area contributed by atoms with E-state index in [1.807, 2.05) is 6.92 Å². The lowest BCUT2D eigenvalue weighted by Crippen LogP contribution is -2.47. The third-order valence-corrected chi connectivity index (χ3v) is 5.98. The first-order valence-corrected chi connectivity index (χ1v) is 8.69. The average Bonchev–Trinajstić information content (AvgIpc) is 2.33. The third-order valence-electron chi connectivity index (χ3n) is 3.99. The van der Waals surface area contributed by atoms with E-state index in [1.54, 1.807) is 13.0 Å². The molecule has 1 fully saturated rings. The van der Waals surface area contributed by atoms with Crippen molar-refractivity contribution < 1.29 is 8.42 Å². The largest absolute Gasteiger partial charge is 0.398 e. The van der Waals surface area contributed by atoms with Crippen molar-refractivity contribution in [3.05, 3.63) is 22.7 Å². The van der Waals surface area contributed by atoms with Crippen LogP contribution in [-0.4, -0.2) is 14.0 Å². The molecule has 1 aromatic carbocycles. The molecular weight excluding hydrogens is 296 g/mol. The van der Waals surface area contributed by atoms with Crippen LogP contribution in [0.25, 0.3) is 0 Å². The fourth-order valence-corrected chi connectivity index (χ4v) is 4.82. The molecule has 0 aliphatic heterocycles. The number of halogens is 1. The van der Waals surface area contributed by atoms with Crippen LogP contribution < -0.4 is 10.5 Å². The van der Waals surface area contributed by atoms with Crippen LogP contribution in [-0.2, 0) is 10.0 Å². The average molecular weight is 317 g/mol. The Labute approximate surface area is 125 Å². The second-order valence-electron chi connectivity index (χ2n) is 5.84. The fourth-order valence-electron chi connectivity index (χ4n) is 2.77. The van der Waals surface area contributed by atoms with E-state index in [2.05, 4.69) is 4.72 Å². The van der Waals surface area contributed by atoms with Gasteiger partial charge in [0.1, 0.15) is 0 Å². The maximum Gasteiger partial charge on any atom is 0.241 e. The summed E-state index contributed by atoms with van der Waals surface area (Å²) in [5, 5.41) is 0.335. The Hall–Kier alpha value is -0.780. The first kappa shape index (κ1) is 15.6. The maximum absolute atomic E-state index is 12.6. The Morgan fingerprint density at radius 2 is 1.85 bits per heavy atom. The minimum atomic E-state index is -3.61. The van der Waals surface area contributed by atoms with Crippen LogP contribution in [0.2, 0.25) is 5.02 Å². The molecule has 4 nitrogen and oxygen atoms in total. The summed E-state index contributed by atoms with van der Waals surface area (Å²) in [7, 11) is -3.61. The summed E-state index contributed by atoms with van der Waals surface area (Å²) in [6.45, 7) is 3.66. The summed E-state index contributed by atoms with van der Waals surface area (Å²) in [4.78, 5) is 0.175. The summed E-state index contributed by atoms with van der Waals surface area (Å²) >= 11 is 5.93. The van der Waals surface area contributed by atoms with Gasteiger partial charge in [0.05, 0.1) is 4.90 Å². The van der Waals surface area contributed by atoms with E-state index in [4.69, 9.17) is 17.3 Å². The van der Waals surface area contributed by atoms with Gasteiger partial charge in [-0.1, -0.05) is 30.9 Å². The fraction of sp³-hybridized carbons (Fsp3) is 0.571. The van der Waals surface area contributed by atoms with Gasteiger partial charge in [0.2, 0.25) is 10.0 Å². The molecule has 0 radical (unpaired) electrons. The molecule has 112 valence electrons. The Morgan fingerprint density at radius 1 is 1.25 bits per heavy atom. The Bertz CT molecular complexity index is 608. The molecule has 20 heavy (non-hydrogen) atoms. The number of hydrogen-bond donors (Lipinski definition) is 2. The quantitative estimate of drug-likeness (QED) is 0.841. The summed E-state index contributed by atoms with van der Waals surface area (Å²) in [5.74, 6) is 0. The van der Waals surface area contributed by atoms with Gasteiger partial charge in [-0.05, 0) is 44.4 Å². The molecule has 0 bridgehead atoms. The molecule has 3 N–H and O–H groups in total. The van der Waals surface area contributed by atoms with Gasteiger partial charge in [0, 0.05) is 16.2 Å². The lowest BCUT2D eigenvalue weighted by Gasteiger charge is -2.34. The first-order valence-electron chi connectivity index (χ1n) is 6.83. The number of anilines is 1. The minimum Gasteiger partial charge on any atom is -0.398 e. The lowest BCUT2D eigenvalue weighted by molar-refractivity contribution is 0.294. The molecule has 6 heteroatoms. The van der Waals surface area contributed by atoms with Crippen LogP contribution in [0.1, 0.15) is 44.6 Å². The van der Waals surface area contributed by atoms with Crippen molar-refractivity contribution >= 4 is 27.3 Å². The first-order chi connectivity index (χ1) is 9.23. The van der Waals surface area contributed by atoms with Gasteiger partial charge < -0.3 is 5.73 Å². The van der Waals surface area contributed by atoms with Crippen LogP contribution in [0.5, 0.6) is 0 Å². The smallest absolute Gasteiger partial charge is 0.241 e. The molecule has 1 aliphatic carbocycles. The van der Waals surface area contributed by atoms with Crippen molar-refractivity contribution in [1.29, 1.82) is 0 Å². The Kier molecular flexibility index (Phi) is 4.33. The third kappa shape index (κ3) is 3.27. The topological polar surface area (TPSA) is 72.2 Å². The molecular formula is C14H21ClN2O2S. The molecule has 0 aromatic heterocycles. The summed E-state index contributed by atoms with van der Waals surface area (Å²) in [6, 6.07) is 3.03. The van der Waals surface area contributed by atoms with Crippen molar-refractivity contribution in [2.24, 2.45) is 0 Å². The zero-order chi connectivity index (χ0) is 15.0. The van der Waals surface area contributed by atoms with Crippen molar-refractivity contribution in [2.45, 2.75) is 56.4 Å². The van der Waals surface area contributed by atoms with Crippen LogP contribution in [0.3, 0.4) is 0 Å². The normalized spacial score (nSPS) is 18.9. The van der Waals surface area contributed by atoms with Gasteiger partial charge >= 0.3 is 0 Å². The monoisotopic (exact) mass is 316 g/mol. The molecule has 0 unspecified atom stereocenters. The molecule has 2 rings (SSSR count). The number of nitrogen functional groups attached to an aromatic ring is 1. The van der Waals surface area contributed by atoms with Gasteiger partial charge in [-0.3, -0.25) is 0 Å². The number of benzene rings is 1. The summed E-state index contributed by atoms with van der Waals surface area (Å²) in [5.41, 5.74) is 6.37. The molecule has 1 aliphatic rings. The lowest BCUT2D eigenvalue weighted by atomic mass is 9.84. The van der Waals surface area contributed by atoms with Gasteiger partial charge in [-0.2, -0.15) is 0 Å². The van der Waals surface area contributed by atoms with Crippen LogP contribution >= 0.6 is 11.6 Å². The van der Waals surface area contributed by atoms with E-state index < -0.39 is 10.0 Å². The summed E-state index contributed by atoms with van der Waals surface area (Å²) < 4.78 is 28.1. The maximum atomic E-state index is 12.6. The van der Waals surface area contributed by atoms with E-state index in [-0.39, 0.29) is 10.4 Å². The van der Waals surface area contributed by atoms with Crippen LogP contribution in [0, 0.1) is 6.92 Å². The second kappa shape index (κ2) is 5.54. The predicted molar refractivity (Wildman–Crippen MR) is 82.4 cm³/mol. The highest BCUT2D eigenvalue weighted by molar-refractivity contribution is 7.89. The zero-order valence-corrected chi connectivity index (χ0v) is 13.4. The highest BCUT2D eigenvalue weighted by atomic mass is 35.5. The minimum absolute atomic E-state index is 0.175. The molecule has 0 amide bonds. The number of sulfonamides is 1. The number of nitrogens with two attached hydrogens (primary N) is 1. The highest BCUT2D eigenvalue weighted by Gasteiger charge is 2.33. The standard InChI is InChI=1S/C14H21ClN2O2S/c1-10-12(16)8-11(15)9-13(10)20(18,19)17-14(2)6-4-3-5-7-14/h8-9,17H,3-7,16H2,1-2H3.